The number of carbonyl (C=O) groups is 5. The van der Waals surface area contributed by atoms with Crippen LogP contribution in [0.1, 0.15) is 54.4 Å². The van der Waals surface area contributed by atoms with Crippen molar-refractivity contribution in [2.24, 2.45) is 0 Å². The van der Waals surface area contributed by atoms with Gasteiger partial charge in [-0.1, -0.05) is 41.4 Å². The van der Waals surface area contributed by atoms with E-state index in [1.807, 2.05) is 0 Å². The van der Waals surface area contributed by atoms with Gasteiger partial charge in [0.1, 0.15) is 6.04 Å². The molecule has 1 heterocycles. The molecule has 0 radical (unpaired) electrons. The molecule has 5 N–H and O–H groups in total. The monoisotopic (exact) mass is 563 g/mol. The average Bonchev–Trinajstić information content (AvgIpc) is 3.23. The van der Waals surface area contributed by atoms with E-state index in [1.54, 1.807) is 42.5 Å². The second-order valence-electron chi connectivity index (χ2n) is 9.13. The summed E-state index contributed by atoms with van der Waals surface area (Å²) in [7, 11) is 0. The van der Waals surface area contributed by atoms with E-state index in [2.05, 4.69) is 16.0 Å². The summed E-state index contributed by atoms with van der Waals surface area (Å²) in [6.45, 7) is 0. The largest absolute Gasteiger partial charge is 0.481 e. The highest BCUT2D eigenvalue weighted by atomic mass is 35.5. The van der Waals surface area contributed by atoms with E-state index in [1.165, 1.54) is 0 Å². The number of hydrogen-bond donors (Lipinski definition) is 5. The van der Waals surface area contributed by atoms with Crippen LogP contribution in [0.15, 0.2) is 42.5 Å². The first-order valence-corrected chi connectivity index (χ1v) is 12.6. The van der Waals surface area contributed by atoms with Crippen LogP contribution in [-0.4, -0.2) is 51.5 Å². The molecule has 3 amide bonds. The third-order valence-electron chi connectivity index (χ3n) is 6.36. The Morgan fingerprint density at radius 3 is 2.16 bits per heavy atom. The number of carboxylic acids is 2. The Labute approximate surface area is 228 Å². The number of amides is 3. The fourth-order valence-corrected chi connectivity index (χ4v) is 4.88. The lowest BCUT2D eigenvalue weighted by Gasteiger charge is -2.28. The maximum atomic E-state index is 12.6. The summed E-state index contributed by atoms with van der Waals surface area (Å²) in [6.07, 6.45) is 0.831. The first-order valence-electron chi connectivity index (χ1n) is 11.9. The lowest BCUT2D eigenvalue weighted by atomic mass is 9.86. The molecule has 3 rings (SSSR count). The van der Waals surface area contributed by atoms with Gasteiger partial charge in [0.05, 0.1) is 15.6 Å². The van der Waals surface area contributed by atoms with Gasteiger partial charge in [-0.15, -0.1) is 0 Å². The van der Waals surface area contributed by atoms with Gasteiger partial charge in [0.25, 0.3) is 5.91 Å². The summed E-state index contributed by atoms with van der Waals surface area (Å²) in [5.41, 5.74) is 0.388. The van der Waals surface area contributed by atoms with Gasteiger partial charge in [-0.2, -0.15) is 0 Å². The molecule has 2 unspecified atom stereocenters. The summed E-state index contributed by atoms with van der Waals surface area (Å²) >= 11 is 12.1. The summed E-state index contributed by atoms with van der Waals surface area (Å²) in [5, 5.41) is 27.0. The molecule has 1 aliphatic rings. The lowest BCUT2D eigenvalue weighted by Crippen LogP contribution is -2.45. The van der Waals surface area contributed by atoms with Crippen LogP contribution in [0.2, 0.25) is 10.0 Å². The van der Waals surface area contributed by atoms with Crippen LogP contribution in [0, 0.1) is 0 Å². The van der Waals surface area contributed by atoms with Crippen LogP contribution in [0.4, 0.5) is 5.69 Å². The van der Waals surface area contributed by atoms with E-state index in [0.29, 0.717) is 17.7 Å². The molecule has 2 atom stereocenters. The van der Waals surface area contributed by atoms with Gasteiger partial charge in [-0.25, -0.2) is 4.79 Å². The third-order valence-corrected chi connectivity index (χ3v) is 6.99. The number of halogens is 2. The van der Waals surface area contributed by atoms with E-state index in [4.69, 9.17) is 28.3 Å². The second-order valence-corrected chi connectivity index (χ2v) is 9.95. The van der Waals surface area contributed by atoms with Gasteiger partial charge in [0, 0.05) is 36.9 Å². The Hall–Kier alpha value is -3.63. The fourth-order valence-electron chi connectivity index (χ4n) is 4.31. The van der Waals surface area contributed by atoms with E-state index in [9.17, 15) is 29.1 Å². The Bertz CT molecular complexity index is 1220. The van der Waals surface area contributed by atoms with Crippen molar-refractivity contribution in [1.82, 2.24) is 10.6 Å². The van der Waals surface area contributed by atoms with Crippen LogP contribution in [0.25, 0.3) is 0 Å². The molecule has 0 spiro atoms. The Kier molecular flexibility index (Phi) is 9.71. The van der Waals surface area contributed by atoms with Gasteiger partial charge in [0.15, 0.2) is 0 Å². The predicted molar refractivity (Wildman–Crippen MR) is 140 cm³/mol. The molecule has 0 saturated carbocycles. The molecule has 1 fully saturated rings. The number of benzene rings is 2. The number of aliphatic carboxylic acids is 2. The molecule has 12 heteroatoms. The first kappa shape index (κ1) is 28.9. The summed E-state index contributed by atoms with van der Waals surface area (Å²) in [5.74, 6) is -3.44. The Balaban J connectivity index is 1.57. The molecule has 38 heavy (non-hydrogen) atoms. The van der Waals surface area contributed by atoms with Crippen LogP contribution in [0.3, 0.4) is 0 Å². The van der Waals surface area contributed by atoms with E-state index in [-0.39, 0.29) is 60.0 Å². The van der Waals surface area contributed by atoms with Crippen molar-refractivity contribution in [2.75, 3.05) is 5.32 Å². The number of rotatable bonds is 12. The van der Waals surface area contributed by atoms with Crippen molar-refractivity contribution < 1.29 is 34.2 Å². The van der Waals surface area contributed by atoms with Crippen LogP contribution < -0.4 is 16.0 Å². The molecule has 1 saturated heterocycles. The molecular weight excluding hydrogens is 537 g/mol. The molecule has 0 aromatic heterocycles. The average molecular weight is 564 g/mol. The summed E-state index contributed by atoms with van der Waals surface area (Å²) in [4.78, 5) is 59.6. The van der Waals surface area contributed by atoms with Gasteiger partial charge in [0.2, 0.25) is 11.8 Å². The molecule has 0 bridgehead atoms. The SMILES string of the molecule is O=C(O)CCC1(CCC(=O)NC(Cc2ccc(NC(=O)c3c(Cl)cccc3Cl)cc2)C(=O)O)CCC(=O)N1. The van der Waals surface area contributed by atoms with Gasteiger partial charge < -0.3 is 26.2 Å². The molecule has 202 valence electrons. The minimum Gasteiger partial charge on any atom is -0.481 e. The van der Waals surface area contributed by atoms with E-state index < -0.39 is 35.3 Å². The first-order chi connectivity index (χ1) is 18.0. The van der Waals surface area contributed by atoms with Gasteiger partial charge >= 0.3 is 11.9 Å². The molecule has 2 aromatic carbocycles. The number of hydrogen-bond acceptors (Lipinski definition) is 5. The lowest BCUT2D eigenvalue weighted by molar-refractivity contribution is -0.142. The topological polar surface area (TPSA) is 162 Å². The zero-order chi connectivity index (χ0) is 27.9. The van der Waals surface area contributed by atoms with Crippen molar-refractivity contribution >= 4 is 58.5 Å². The summed E-state index contributed by atoms with van der Waals surface area (Å²) in [6, 6.07) is 9.94. The number of carboxylic acid groups (broad SMARTS) is 2. The highest BCUT2D eigenvalue weighted by Gasteiger charge is 2.38. The van der Waals surface area contributed by atoms with Crippen molar-refractivity contribution in [3.8, 4) is 0 Å². The fraction of sp³-hybridized carbons (Fsp3) is 0.346. The van der Waals surface area contributed by atoms with Crippen molar-refractivity contribution in [2.45, 2.75) is 56.5 Å². The van der Waals surface area contributed by atoms with Crippen molar-refractivity contribution in [1.29, 1.82) is 0 Å². The normalized spacial score (nSPS) is 17.4. The number of anilines is 1. The van der Waals surface area contributed by atoms with Crippen LogP contribution in [0.5, 0.6) is 0 Å². The molecule has 2 aromatic rings. The predicted octanol–water partition coefficient (Wildman–Crippen LogP) is 3.65. The van der Waals surface area contributed by atoms with Gasteiger partial charge in [-0.05, 0) is 49.1 Å². The molecule has 10 nitrogen and oxygen atoms in total. The van der Waals surface area contributed by atoms with E-state index in [0.717, 1.165) is 0 Å². The standard InChI is InChI=1S/C26H27Cl2N3O7/c27-17-2-1-3-18(28)23(17)24(36)29-16-6-4-15(5-7-16)14-19(25(37)38)30-20(32)8-11-26(13-10-22(34)35)12-9-21(33)31-26/h1-7,19H,8-14H2,(H,29,36)(H,30,32)(H,31,33)(H,34,35)(H,37,38). The summed E-state index contributed by atoms with van der Waals surface area (Å²) < 4.78 is 0. The highest BCUT2D eigenvalue weighted by Crippen LogP contribution is 2.30. The molecular formula is C26H27Cl2N3O7. The smallest absolute Gasteiger partial charge is 0.326 e. The van der Waals surface area contributed by atoms with Gasteiger partial charge in [-0.3, -0.25) is 19.2 Å². The Morgan fingerprint density at radius 1 is 0.974 bits per heavy atom. The van der Waals surface area contributed by atoms with Crippen molar-refractivity contribution in [3.05, 3.63) is 63.6 Å². The highest BCUT2D eigenvalue weighted by molar-refractivity contribution is 6.40. The van der Waals surface area contributed by atoms with Crippen LogP contribution >= 0.6 is 23.2 Å². The molecule has 0 aliphatic carbocycles. The maximum absolute atomic E-state index is 12.6. The minimum atomic E-state index is -1.22. The zero-order valence-corrected chi connectivity index (χ0v) is 21.8. The van der Waals surface area contributed by atoms with Crippen molar-refractivity contribution in [3.63, 3.8) is 0 Å². The third kappa shape index (κ3) is 7.93. The second kappa shape index (κ2) is 12.7. The quantitative estimate of drug-likeness (QED) is 0.263. The van der Waals surface area contributed by atoms with E-state index >= 15 is 0 Å². The minimum absolute atomic E-state index is 0.00741. The Morgan fingerprint density at radius 2 is 1.61 bits per heavy atom. The number of carbonyl (C=O) groups excluding carboxylic acids is 3. The van der Waals surface area contributed by atoms with Crippen LogP contribution in [-0.2, 0) is 25.6 Å². The zero-order valence-electron chi connectivity index (χ0n) is 20.3. The number of nitrogens with one attached hydrogen (secondary N) is 3. The maximum Gasteiger partial charge on any atom is 0.326 e. The molecule has 1 aliphatic heterocycles.